The van der Waals surface area contributed by atoms with Gasteiger partial charge in [-0.3, -0.25) is 4.79 Å². The molecule has 1 aliphatic heterocycles. The summed E-state index contributed by atoms with van der Waals surface area (Å²) in [6, 6.07) is 0. The molecule has 0 bridgehead atoms. The van der Waals surface area contributed by atoms with E-state index in [0.717, 1.165) is 13.0 Å². The van der Waals surface area contributed by atoms with Crippen molar-refractivity contribution in [2.45, 2.75) is 19.4 Å². The molecule has 3 heteroatoms. The fourth-order valence-corrected chi connectivity index (χ4v) is 1.80. The normalized spacial score (nSPS) is 39.9. The lowest BCUT2D eigenvalue weighted by atomic mass is 10.2. The molecule has 3 nitrogen and oxygen atoms in total. The minimum atomic E-state index is -0.0674. The molecule has 62 valence electrons. The van der Waals surface area contributed by atoms with E-state index in [2.05, 4.69) is 0 Å². The van der Waals surface area contributed by atoms with Gasteiger partial charge in [-0.1, -0.05) is 0 Å². The summed E-state index contributed by atoms with van der Waals surface area (Å²) in [5, 5.41) is 0. The number of hydrogen-bond donors (Lipinski definition) is 0. The molecule has 1 heterocycles. The van der Waals surface area contributed by atoms with Gasteiger partial charge >= 0.3 is 5.97 Å². The third kappa shape index (κ3) is 1.03. The third-order valence-electron chi connectivity index (χ3n) is 2.42. The second kappa shape index (κ2) is 2.48. The van der Waals surface area contributed by atoms with Gasteiger partial charge < -0.3 is 9.47 Å². The van der Waals surface area contributed by atoms with Crippen molar-refractivity contribution in [2.24, 2.45) is 11.8 Å². The van der Waals surface area contributed by atoms with Crippen molar-refractivity contribution in [1.29, 1.82) is 0 Å². The second-order valence-corrected chi connectivity index (χ2v) is 3.07. The summed E-state index contributed by atoms with van der Waals surface area (Å²) in [4.78, 5) is 11.1. The van der Waals surface area contributed by atoms with Gasteiger partial charge in [-0.05, 0) is 13.3 Å². The van der Waals surface area contributed by atoms with Crippen molar-refractivity contribution in [1.82, 2.24) is 0 Å². The van der Waals surface area contributed by atoms with Crippen LogP contribution in [0, 0.1) is 11.8 Å². The van der Waals surface area contributed by atoms with Crippen LogP contribution in [0.3, 0.4) is 0 Å². The smallest absolute Gasteiger partial charge is 0.311 e. The summed E-state index contributed by atoms with van der Waals surface area (Å²) in [7, 11) is 0. The van der Waals surface area contributed by atoms with Gasteiger partial charge in [-0.25, -0.2) is 0 Å². The number of carbonyl (C=O) groups is 1. The molecule has 11 heavy (non-hydrogen) atoms. The van der Waals surface area contributed by atoms with Crippen LogP contribution in [0.25, 0.3) is 0 Å². The van der Waals surface area contributed by atoms with Crippen molar-refractivity contribution in [3.63, 3.8) is 0 Å². The molecular weight excluding hydrogens is 144 g/mol. The van der Waals surface area contributed by atoms with Crippen LogP contribution in [0.15, 0.2) is 0 Å². The van der Waals surface area contributed by atoms with E-state index in [4.69, 9.17) is 9.47 Å². The Labute approximate surface area is 65.7 Å². The topological polar surface area (TPSA) is 35.5 Å². The molecule has 3 atom stereocenters. The highest BCUT2D eigenvalue weighted by atomic mass is 16.5. The van der Waals surface area contributed by atoms with Crippen LogP contribution >= 0.6 is 0 Å². The van der Waals surface area contributed by atoms with E-state index in [1.807, 2.05) is 6.92 Å². The molecule has 2 rings (SSSR count). The predicted molar refractivity (Wildman–Crippen MR) is 38.0 cm³/mol. The van der Waals surface area contributed by atoms with E-state index in [1.165, 1.54) is 0 Å². The van der Waals surface area contributed by atoms with Crippen molar-refractivity contribution < 1.29 is 14.3 Å². The predicted octanol–water partition coefficient (Wildman–Crippen LogP) is 0.584. The number of fused-ring (bicyclic) bond motifs is 1. The average Bonchev–Trinajstić information content (AvgIpc) is 2.47. The van der Waals surface area contributed by atoms with Crippen molar-refractivity contribution in [2.75, 3.05) is 13.2 Å². The van der Waals surface area contributed by atoms with Gasteiger partial charge in [0.1, 0.15) is 0 Å². The van der Waals surface area contributed by atoms with Crippen LogP contribution in [0.5, 0.6) is 0 Å². The first-order chi connectivity index (χ1) is 5.34. The van der Waals surface area contributed by atoms with Crippen LogP contribution in [-0.4, -0.2) is 25.3 Å². The van der Waals surface area contributed by atoms with Gasteiger partial charge in [0.15, 0.2) is 0 Å². The quantitative estimate of drug-likeness (QED) is 0.549. The van der Waals surface area contributed by atoms with E-state index in [9.17, 15) is 4.79 Å². The van der Waals surface area contributed by atoms with Crippen LogP contribution in [0.4, 0.5) is 0 Å². The van der Waals surface area contributed by atoms with Gasteiger partial charge in [0, 0.05) is 12.5 Å². The molecule has 0 N–H and O–H groups in total. The molecule has 0 radical (unpaired) electrons. The first-order valence-electron chi connectivity index (χ1n) is 4.13. The zero-order chi connectivity index (χ0) is 7.84. The Kier molecular flexibility index (Phi) is 1.60. The SMILES string of the molecule is CCOC(=O)[C@@H]1[C@@H]2CCO[C@H]21. The molecule has 1 saturated carbocycles. The molecule has 0 amide bonds. The highest BCUT2D eigenvalue weighted by Gasteiger charge is 2.59. The second-order valence-electron chi connectivity index (χ2n) is 3.07. The molecule has 2 fully saturated rings. The minimum Gasteiger partial charge on any atom is -0.466 e. The summed E-state index contributed by atoms with van der Waals surface area (Å²) in [6.45, 7) is 3.14. The minimum absolute atomic E-state index is 0.0674. The Morgan fingerprint density at radius 2 is 2.55 bits per heavy atom. The largest absolute Gasteiger partial charge is 0.466 e. The Hall–Kier alpha value is -0.570. The monoisotopic (exact) mass is 156 g/mol. The fourth-order valence-electron chi connectivity index (χ4n) is 1.80. The Morgan fingerprint density at radius 1 is 1.73 bits per heavy atom. The van der Waals surface area contributed by atoms with Crippen LogP contribution in [0.2, 0.25) is 0 Å². The Balaban J connectivity index is 1.85. The highest BCUT2D eigenvalue weighted by Crippen LogP contribution is 2.49. The molecule has 0 spiro atoms. The lowest BCUT2D eigenvalue weighted by Crippen LogP contribution is -2.12. The lowest BCUT2D eigenvalue weighted by molar-refractivity contribution is -0.146. The highest BCUT2D eigenvalue weighted by molar-refractivity contribution is 5.77. The molecule has 2 aliphatic rings. The molecular formula is C8H12O3. The van der Waals surface area contributed by atoms with Crippen LogP contribution < -0.4 is 0 Å². The first kappa shape index (κ1) is 7.10. The van der Waals surface area contributed by atoms with E-state index in [1.54, 1.807) is 0 Å². The van der Waals surface area contributed by atoms with Gasteiger partial charge in [0.05, 0.1) is 18.6 Å². The summed E-state index contributed by atoms with van der Waals surface area (Å²) in [5.41, 5.74) is 0. The van der Waals surface area contributed by atoms with Crippen molar-refractivity contribution in [3.05, 3.63) is 0 Å². The molecule has 1 saturated heterocycles. The fraction of sp³-hybridized carbons (Fsp3) is 0.875. The van der Waals surface area contributed by atoms with Gasteiger partial charge in [-0.15, -0.1) is 0 Å². The maximum Gasteiger partial charge on any atom is 0.311 e. The third-order valence-corrected chi connectivity index (χ3v) is 2.42. The first-order valence-corrected chi connectivity index (χ1v) is 4.13. The van der Waals surface area contributed by atoms with Crippen LogP contribution in [-0.2, 0) is 14.3 Å². The molecule has 0 aromatic rings. The Morgan fingerprint density at radius 3 is 3.09 bits per heavy atom. The lowest BCUT2D eigenvalue weighted by Gasteiger charge is -2.02. The van der Waals surface area contributed by atoms with E-state index in [0.29, 0.717) is 12.5 Å². The number of esters is 1. The zero-order valence-corrected chi connectivity index (χ0v) is 6.58. The summed E-state index contributed by atoms with van der Waals surface area (Å²) in [5.74, 6) is 0.486. The van der Waals surface area contributed by atoms with Crippen LogP contribution in [0.1, 0.15) is 13.3 Å². The summed E-state index contributed by atoms with van der Waals surface area (Å²) in [6.07, 6.45) is 1.24. The molecule has 0 aromatic carbocycles. The molecule has 1 aliphatic carbocycles. The van der Waals surface area contributed by atoms with Gasteiger partial charge in [0.2, 0.25) is 0 Å². The van der Waals surface area contributed by atoms with Gasteiger partial charge in [-0.2, -0.15) is 0 Å². The maximum atomic E-state index is 11.1. The summed E-state index contributed by atoms with van der Waals surface area (Å²) < 4.78 is 10.2. The molecule has 0 unspecified atom stereocenters. The zero-order valence-electron chi connectivity index (χ0n) is 6.58. The van der Waals surface area contributed by atoms with Crippen molar-refractivity contribution >= 4 is 5.97 Å². The number of carbonyl (C=O) groups excluding carboxylic acids is 1. The number of rotatable bonds is 2. The Bertz CT molecular complexity index is 168. The van der Waals surface area contributed by atoms with E-state index in [-0.39, 0.29) is 18.0 Å². The van der Waals surface area contributed by atoms with E-state index >= 15 is 0 Å². The van der Waals surface area contributed by atoms with E-state index < -0.39 is 0 Å². The average molecular weight is 156 g/mol. The number of ether oxygens (including phenoxy) is 2. The standard InChI is InChI=1S/C8H12O3/c1-2-10-8(9)6-5-3-4-11-7(5)6/h5-7H,2-4H2,1H3/t5-,6+,7+/m0/s1. The summed E-state index contributed by atoms with van der Waals surface area (Å²) >= 11 is 0. The molecule has 0 aromatic heterocycles. The van der Waals surface area contributed by atoms with Crippen molar-refractivity contribution in [3.8, 4) is 0 Å². The van der Waals surface area contributed by atoms with Gasteiger partial charge in [0.25, 0.3) is 0 Å². The number of hydrogen-bond acceptors (Lipinski definition) is 3. The maximum absolute atomic E-state index is 11.1.